The van der Waals surface area contributed by atoms with Crippen molar-refractivity contribution in [2.75, 3.05) is 68.7 Å². The second-order valence-electron chi connectivity index (χ2n) is 8.08. The normalized spacial score (nSPS) is 18.5. The maximum absolute atomic E-state index is 12.8. The molecule has 2 aromatic rings. The van der Waals surface area contributed by atoms with Crippen LogP contribution in [-0.4, -0.2) is 84.6 Å². The third-order valence-electron chi connectivity index (χ3n) is 5.95. The Kier molecular flexibility index (Phi) is 6.78. The lowest BCUT2D eigenvalue weighted by Crippen LogP contribution is -2.51. The molecule has 2 fully saturated rings. The summed E-state index contributed by atoms with van der Waals surface area (Å²) < 4.78 is 38.3. The molecule has 172 valence electrons. The minimum Gasteiger partial charge on any atom is -0.355 e. The number of carbonyl (C=O) groups excluding carboxylic acids is 1. The molecule has 0 bridgehead atoms. The standard InChI is InChI=1S/C22H27F3N6O/c23-22(24,25)18-5-6-20(27-16-18)29-9-3-8-28(10-11-29)17-21(32)31-14-12-30(13-15-31)19-4-1-2-7-26-19/h1-2,4-7,16H,3,8-15,17H2. The van der Waals surface area contributed by atoms with E-state index in [1.165, 1.54) is 6.07 Å². The largest absolute Gasteiger partial charge is 0.417 e. The summed E-state index contributed by atoms with van der Waals surface area (Å²) in [7, 11) is 0. The number of halogens is 3. The topological polar surface area (TPSA) is 55.8 Å². The van der Waals surface area contributed by atoms with Crippen LogP contribution in [0.3, 0.4) is 0 Å². The molecule has 10 heteroatoms. The van der Waals surface area contributed by atoms with Gasteiger partial charge in [0.1, 0.15) is 11.6 Å². The van der Waals surface area contributed by atoms with Gasteiger partial charge >= 0.3 is 6.18 Å². The second kappa shape index (κ2) is 9.72. The second-order valence-corrected chi connectivity index (χ2v) is 8.08. The summed E-state index contributed by atoms with van der Waals surface area (Å²) in [5, 5.41) is 0. The minimum absolute atomic E-state index is 0.117. The first kappa shape index (κ1) is 22.3. The molecule has 2 aromatic heterocycles. The Hall–Kier alpha value is -2.88. The molecule has 2 aliphatic heterocycles. The van der Waals surface area contributed by atoms with Crippen LogP contribution in [0.1, 0.15) is 12.0 Å². The highest BCUT2D eigenvalue weighted by molar-refractivity contribution is 5.78. The molecule has 0 atom stereocenters. The van der Waals surface area contributed by atoms with E-state index in [0.717, 1.165) is 44.1 Å². The maximum atomic E-state index is 12.8. The lowest BCUT2D eigenvalue weighted by molar-refractivity contribution is -0.137. The van der Waals surface area contributed by atoms with Gasteiger partial charge in [-0.1, -0.05) is 6.07 Å². The summed E-state index contributed by atoms with van der Waals surface area (Å²) in [5.74, 6) is 1.59. The zero-order valence-corrected chi connectivity index (χ0v) is 17.8. The predicted molar refractivity (Wildman–Crippen MR) is 116 cm³/mol. The maximum Gasteiger partial charge on any atom is 0.417 e. The van der Waals surface area contributed by atoms with E-state index in [2.05, 4.69) is 19.8 Å². The zero-order valence-electron chi connectivity index (χ0n) is 17.8. The number of anilines is 2. The Bertz CT molecular complexity index is 885. The first-order valence-electron chi connectivity index (χ1n) is 10.8. The highest BCUT2D eigenvalue weighted by Gasteiger charge is 2.31. The molecule has 4 heterocycles. The molecule has 0 radical (unpaired) electrons. The predicted octanol–water partition coefficient (Wildman–Crippen LogP) is 2.36. The van der Waals surface area contributed by atoms with Crippen molar-refractivity contribution in [3.05, 3.63) is 48.3 Å². The van der Waals surface area contributed by atoms with Gasteiger partial charge in [0.2, 0.25) is 5.91 Å². The number of hydrogen-bond donors (Lipinski definition) is 0. The lowest BCUT2D eigenvalue weighted by Gasteiger charge is -2.36. The van der Waals surface area contributed by atoms with Crippen molar-refractivity contribution in [2.45, 2.75) is 12.6 Å². The van der Waals surface area contributed by atoms with Crippen LogP contribution in [0.2, 0.25) is 0 Å². The number of alkyl halides is 3. The monoisotopic (exact) mass is 448 g/mol. The number of nitrogens with zero attached hydrogens (tertiary/aromatic N) is 6. The van der Waals surface area contributed by atoms with Crippen molar-refractivity contribution in [2.24, 2.45) is 0 Å². The average molecular weight is 448 g/mol. The number of rotatable bonds is 4. The quantitative estimate of drug-likeness (QED) is 0.716. The Morgan fingerprint density at radius 3 is 2.22 bits per heavy atom. The van der Waals surface area contributed by atoms with Gasteiger partial charge in [0, 0.05) is 64.8 Å². The first-order valence-corrected chi connectivity index (χ1v) is 10.8. The van der Waals surface area contributed by atoms with Crippen LogP contribution in [0.4, 0.5) is 24.8 Å². The Morgan fingerprint density at radius 1 is 0.844 bits per heavy atom. The number of aromatic nitrogens is 2. The third kappa shape index (κ3) is 5.48. The van der Waals surface area contributed by atoms with E-state index in [4.69, 9.17) is 0 Å². The summed E-state index contributed by atoms with van der Waals surface area (Å²) in [5.41, 5.74) is -0.744. The van der Waals surface area contributed by atoms with Crippen molar-refractivity contribution < 1.29 is 18.0 Å². The number of amides is 1. The van der Waals surface area contributed by atoms with E-state index >= 15 is 0 Å². The molecule has 0 aliphatic carbocycles. The van der Waals surface area contributed by atoms with Gasteiger partial charge in [-0.05, 0) is 30.7 Å². The highest BCUT2D eigenvalue weighted by atomic mass is 19.4. The van der Waals surface area contributed by atoms with Gasteiger partial charge in [-0.15, -0.1) is 0 Å². The molecule has 0 N–H and O–H groups in total. The minimum atomic E-state index is -4.38. The molecule has 1 amide bonds. The van der Waals surface area contributed by atoms with Crippen molar-refractivity contribution in [1.82, 2.24) is 19.8 Å². The van der Waals surface area contributed by atoms with Gasteiger partial charge in [-0.3, -0.25) is 9.69 Å². The van der Waals surface area contributed by atoms with E-state index in [-0.39, 0.29) is 5.91 Å². The fraction of sp³-hybridized carbons (Fsp3) is 0.500. The molecule has 0 spiro atoms. The summed E-state index contributed by atoms with van der Waals surface area (Å²) in [4.78, 5) is 29.4. The average Bonchev–Trinajstić information content (AvgIpc) is 3.05. The van der Waals surface area contributed by atoms with E-state index in [0.29, 0.717) is 45.1 Å². The van der Waals surface area contributed by atoms with Crippen LogP contribution in [-0.2, 0) is 11.0 Å². The Labute approximate surface area is 185 Å². The molecular weight excluding hydrogens is 421 g/mol. The summed E-state index contributed by atoms with van der Waals surface area (Å²) in [6.45, 7) is 5.99. The SMILES string of the molecule is O=C(CN1CCCN(c2ccc(C(F)(F)F)cn2)CC1)N1CCN(c2ccccn2)CC1. The van der Waals surface area contributed by atoms with Crippen molar-refractivity contribution in [1.29, 1.82) is 0 Å². The van der Waals surface area contributed by atoms with Crippen molar-refractivity contribution >= 4 is 17.5 Å². The number of pyridine rings is 2. The Morgan fingerprint density at radius 2 is 1.56 bits per heavy atom. The van der Waals surface area contributed by atoms with Crippen LogP contribution >= 0.6 is 0 Å². The van der Waals surface area contributed by atoms with E-state index in [1.807, 2.05) is 28.0 Å². The molecule has 0 aromatic carbocycles. The van der Waals surface area contributed by atoms with E-state index in [1.54, 1.807) is 6.20 Å². The number of hydrogen-bond acceptors (Lipinski definition) is 6. The third-order valence-corrected chi connectivity index (χ3v) is 5.95. The molecular formula is C22H27F3N6O. The van der Waals surface area contributed by atoms with Crippen LogP contribution in [0.15, 0.2) is 42.7 Å². The van der Waals surface area contributed by atoms with Gasteiger partial charge in [0.15, 0.2) is 0 Å². The molecule has 7 nitrogen and oxygen atoms in total. The highest BCUT2D eigenvalue weighted by Crippen LogP contribution is 2.29. The molecule has 2 saturated heterocycles. The van der Waals surface area contributed by atoms with E-state index in [9.17, 15) is 18.0 Å². The van der Waals surface area contributed by atoms with Gasteiger partial charge in [0.05, 0.1) is 12.1 Å². The number of carbonyl (C=O) groups is 1. The van der Waals surface area contributed by atoms with Crippen LogP contribution in [0.5, 0.6) is 0 Å². The van der Waals surface area contributed by atoms with Crippen LogP contribution in [0.25, 0.3) is 0 Å². The zero-order chi connectivity index (χ0) is 22.6. The smallest absolute Gasteiger partial charge is 0.355 e. The van der Waals surface area contributed by atoms with Gasteiger partial charge in [0.25, 0.3) is 0 Å². The summed E-state index contributed by atoms with van der Waals surface area (Å²) in [6.07, 6.45) is -0.907. The lowest BCUT2D eigenvalue weighted by atomic mass is 10.2. The molecule has 0 unspecified atom stereocenters. The first-order chi connectivity index (χ1) is 15.4. The van der Waals surface area contributed by atoms with Gasteiger partial charge in [-0.2, -0.15) is 13.2 Å². The van der Waals surface area contributed by atoms with Crippen molar-refractivity contribution in [3.8, 4) is 0 Å². The molecule has 0 saturated carbocycles. The van der Waals surface area contributed by atoms with Crippen LogP contribution in [0, 0.1) is 0 Å². The van der Waals surface area contributed by atoms with Crippen LogP contribution < -0.4 is 9.80 Å². The molecule has 4 rings (SSSR count). The summed E-state index contributed by atoms with van der Waals surface area (Å²) >= 11 is 0. The molecule has 32 heavy (non-hydrogen) atoms. The van der Waals surface area contributed by atoms with Crippen molar-refractivity contribution in [3.63, 3.8) is 0 Å². The fourth-order valence-corrected chi connectivity index (χ4v) is 4.12. The Balaban J connectivity index is 1.26. The fourth-order valence-electron chi connectivity index (χ4n) is 4.12. The van der Waals surface area contributed by atoms with E-state index < -0.39 is 11.7 Å². The van der Waals surface area contributed by atoms with Gasteiger partial charge < -0.3 is 14.7 Å². The van der Waals surface area contributed by atoms with Gasteiger partial charge in [-0.25, -0.2) is 9.97 Å². The summed E-state index contributed by atoms with van der Waals surface area (Å²) in [6, 6.07) is 8.32. The number of piperazine rings is 1. The molecule has 2 aliphatic rings.